The summed E-state index contributed by atoms with van der Waals surface area (Å²) in [6.45, 7) is 12.1. The number of piperidine rings is 1. The van der Waals surface area contributed by atoms with Crippen LogP contribution in [0.4, 0.5) is 5.69 Å². The van der Waals surface area contributed by atoms with Crippen molar-refractivity contribution in [2.24, 2.45) is 5.92 Å². The number of rotatable bonds is 4. The Hall–Kier alpha value is -2.05. The summed E-state index contributed by atoms with van der Waals surface area (Å²) in [6.07, 6.45) is 4.73. The summed E-state index contributed by atoms with van der Waals surface area (Å²) < 4.78 is 5.61. The van der Waals surface area contributed by atoms with E-state index in [2.05, 4.69) is 57.8 Å². The Morgan fingerprint density at radius 3 is 2.35 bits per heavy atom. The van der Waals surface area contributed by atoms with E-state index in [1.165, 1.54) is 5.69 Å². The molecule has 3 heterocycles. The van der Waals surface area contributed by atoms with Crippen LogP contribution in [0.3, 0.4) is 0 Å². The fourth-order valence-electron chi connectivity index (χ4n) is 4.65. The Labute approximate surface area is 192 Å². The highest BCUT2D eigenvalue weighted by Gasteiger charge is 2.30. The van der Waals surface area contributed by atoms with Gasteiger partial charge in [0.05, 0.1) is 6.20 Å². The Bertz CT molecular complexity index is 844. The van der Waals surface area contributed by atoms with Crippen LogP contribution >= 0.6 is 12.4 Å². The predicted octanol–water partition coefficient (Wildman–Crippen LogP) is 4.23. The van der Waals surface area contributed by atoms with Crippen molar-refractivity contribution in [1.29, 1.82) is 0 Å². The van der Waals surface area contributed by atoms with Crippen molar-refractivity contribution in [3.63, 3.8) is 0 Å². The summed E-state index contributed by atoms with van der Waals surface area (Å²) in [5.41, 5.74) is 2.25. The van der Waals surface area contributed by atoms with Gasteiger partial charge in [-0.05, 0) is 57.4 Å². The minimum absolute atomic E-state index is 0. The zero-order valence-corrected chi connectivity index (χ0v) is 19.7. The van der Waals surface area contributed by atoms with Crippen LogP contribution < -0.4 is 4.90 Å². The molecule has 0 N–H and O–H groups in total. The zero-order valence-electron chi connectivity index (χ0n) is 18.9. The molecule has 170 valence electrons. The molecule has 0 aliphatic carbocycles. The van der Waals surface area contributed by atoms with Gasteiger partial charge in [-0.15, -0.1) is 12.4 Å². The van der Waals surface area contributed by atoms with Crippen LogP contribution in [-0.2, 0) is 4.79 Å². The van der Waals surface area contributed by atoms with Gasteiger partial charge in [0.25, 0.3) is 0 Å². The molecule has 2 aliphatic rings. The van der Waals surface area contributed by atoms with Crippen molar-refractivity contribution in [3.05, 3.63) is 36.4 Å². The van der Waals surface area contributed by atoms with Crippen LogP contribution in [0.2, 0.25) is 0 Å². The maximum absolute atomic E-state index is 13.1. The van der Waals surface area contributed by atoms with Crippen molar-refractivity contribution < 1.29 is 9.21 Å². The second-order valence-electron chi connectivity index (χ2n) is 8.86. The number of aryl methyl sites for hydroxylation is 1. The fourth-order valence-corrected chi connectivity index (χ4v) is 4.65. The van der Waals surface area contributed by atoms with Crippen LogP contribution in [0.25, 0.3) is 11.3 Å². The van der Waals surface area contributed by atoms with Gasteiger partial charge in [0, 0.05) is 69.4 Å². The third kappa shape index (κ3) is 5.60. The van der Waals surface area contributed by atoms with Gasteiger partial charge in [0.2, 0.25) is 5.91 Å². The third-order valence-corrected chi connectivity index (χ3v) is 6.55. The molecule has 4 rings (SSSR count). The second-order valence-corrected chi connectivity index (χ2v) is 8.86. The van der Waals surface area contributed by atoms with Gasteiger partial charge in [-0.3, -0.25) is 9.69 Å². The van der Waals surface area contributed by atoms with Gasteiger partial charge in [-0.25, -0.2) is 4.98 Å². The number of carbonyl (C=O) groups is 1. The van der Waals surface area contributed by atoms with Crippen molar-refractivity contribution in [1.82, 2.24) is 14.8 Å². The molecule has 0 saturated carbocycles. The first-order valence-corrected chi connectivity index (χ1v) is 11.3. The number of aromatic nitrogens is 1. The second kappa shape index (κ2) is 10.5. The third-order valence-electron chi connectivity index (χ3n) is 6.55. The SMILES string of the molecule is Cc1ncc(-c2ccc(N3CCC(C(=O)N4CCCN(C(C)C)CC4)CC3)cc2)o1.Cl. The standard InChI is InChI=1S/C24H34N4O2.ClH/c1-18(2)26-11-4-12-28(16-15-26)24(29)21-9-13-27(14-10-21)22-7-5-20(6-8-22)23-17-25-19(3)30-23;/h5-8,17-18,21H,4,9-16H2,1-3H3;1H. The fraction of sp³-hybridized carbons (Fsp3) is 0.583. The number of hydrogen-bond donors (Lipinski definition) is 0. The van der Waals surface area contributed by atoms with E-state index in [1.807, 2.05) is 6.92 Å². The lowest BCUT2D eigenvalue weighted by molar-refractivity contribution is -0.136. The summed E-state index contributed by atoms with van der Waals surface area (Å²) in [5, 5.41) is 0. The highest BCUT2D eigenvalue weighted by atomic mass is 35.5. The van der Waals surface area contributed by atoms with Gasteiger partial charge < -0.3 is 14.2 Å². The van der Waals surface area contributed by atoms with Gasteiger partial charge >= 0.3 is 0 Å². The van der Waals surface area contributed by atoms with Gasteiger partial charge in [0.1, 0.15) is 0 Å². The van der Waals surface area contributed by atoms with Crippen molar-refractivity contribution in [2.75, 3.05) is 44.2 Å². The molecule has 7 heteroatoms. The zero-order chi connectivity index (χ0) is 21.1. The maximum Gasteiger partial charge on any atom is 0.225 e. The summed E-state index contributed by atoms with van der Waals surface area (Å²) in [5.74, 6) is 2.03. The Morgan fingerprint density at radius 2 is 1.74 bits per heavy atom. The Balaban J connectivity index is 0.00000272. The molecule has 2 fully saturated rings. The highest BCUT2D eigenvalue weighted by Crippen LogP contribution is 2.28. The van der Waals surface area contributed by atoms with Crippen molar-refractivity contribution >= 4 is 24.0 Å². The van der Waals surface area contributed by atoms with Crippen LogP contribution in [0.15, 0.2) is 34.9 Å². The number of hydrogen-bond acceptors (Lipinski definition) is 5. The van der Waals surface area contributed by atoms with E-state index in [-0.39, 0.29) is 18.3 Å². The normalized spacial score (nSPS) is 18.7. The average Bonchev–Trinajstić information content (AvgIpc) is 3.05. The van der Waals surface area contributed by atoms with Crippen LogP contribution in [0.1, 0.15) is 39.0 Å². The first kappa shape index (κ1) is 23.6. The molecule has 0 bridgehead atoms. The van der Waals surface area contributed by atoms with E-state index in [1.54, 1.807) is 6.20 Å². The van der Waals surface area contributed by atoms with E-state index in [0.29, 0.717) is 17.8 Å². The predicted molar refractivity (Wildman–Crippen MR) is 127 cm³/mol. The van der Waals surface area contributed by atoms with E-state index in [4.69, 9.17) is 4.42 Å². The number of carbonyl (C=O) groups excluding carboxylic acids is 1. The molecule has 2 saturated heterocycles. The molecule has 1 amide bonds. The number of anilines is 1. The lowest BCUT2D eigenvalue weighted by Crippen LogP contribution is -2.44. The van der Waals surface area contributed by atoms with E-state index < -0.39 is 0 Å². The van der Waals surface area contributed by atoms with E-state index in [0.717, 1.165) is 69.9 Å². The highest BCUT2D eigenvalue weighted by molar-refractivity contribution is 5.85. The smallest absolute Gasteiger partial charge is 0.225 e. The van der Waals surface area contributed by atoms with Crippen LogP contribution in [-0.4, -0.2) is 66.0 Å². The molecule has 0 spiro atoms. The molecule has 2 aliphatic heterocycles. The number of oxazole rings is 1. The summed E-state index contributed by atoms with van der Waals surface area (Å²) in [4.78, 5) is 24.3. The molecule has 0 unspecified atom stereocenters. The van der Waals surface area contributed by atoms with Crippen LogP contribution in [0, 0.1) is 12.8 Å². The molecule has 1 aromatic heterocycles. The lowest BCUT2D eigenvalue weighted by atomic mass is 9.94. The average molecular weight is 447 g/mol. The topological polar surface area (TPSA) is 52.8 Å². The van der Waals surface area contributed by atoms with E-state index in [9.17, 15) is 4.79 Å². The monoisotopic (exact) mass is 446 g/mol. The summed E-state index contributed by atoms with van der Waals surface area (Å²) >= 11 is 0. The Kier molecular flexibility index (Phi) is 8.00. The molecule has 2 aromatic rings. The molecule has 31 heavy (non-hydrogen) atoms. The first-order chi connectivity index (χ1) is 14.5. The molecule has 0 atom stereocenters. The Morgan fingerprint density at radius 1 is 1.03 bits per heavy atom. The maximum atomic E-state index is 13.1. The van der Waals surface area contributed by atoms with Crippen LogP contribution in [0.5, 0.6) is 0 Å². The number of amides is 1. The summed E-state index contributed by atoms with van der Waals surface area (Å²) in [6, 6.07) is 9.02. The molecule has 6 nitrogen and oxygen atoms in total. The van der Waals surface area contributed by atoms with Gasteiger partial charge in [-0.1, -0.05) is 0 Å². The number of halogens is 1. The van der Waals surface area contributed by atoms with Gasteiger partial charge in [-0.2, -0.15) is 0 Å². The van der Waals surface area contributed by atoms with E-state index >= 15 is 0 Å². The molecular formula is C24H35ClN4O2. The largest absolute Gasteiger partial charge is 0.441 e. The quantitative estimate of drug-likeness (QED) is 0.703. The summed E-state index contributed by atoms with van der Waals surface area (Å²) in [7, 11) is 0. The minimum atomic E-state index is 0. The molecule has 0 radical (unpaired) electrons. The molecular weight excluding hydrogens is 412 g/mol. The van der Waals surface area contributed by atoms with Crippen molar-refractivity contribution in [3.8, 4) is 11.3 Å². The van der Waals surface area contributed by atoms with Gasteiger partial charge in [0.15, 0.2) is 11.7 Å². The minimum Gasteiger partial charge on any atom is -0.441 e. The first-order valence-electron chi connectivity index (χ1n) is 11.3. The molecule has 1 aromatic carbocycles. The lowest BCUT2D eigenvalue weighted by Gasteiger charge is -2.35. The number of benzene rings is 1. The number of nitrogens with zero attached hydrogens (tertiary/aromatic N) is 4. The van der Waals surface area contributed by atoms with Crippen molar-refractivity contribution in [2.45, 2.75) is 46.1 Å².